The highest BCUT2D eigenvalue weighted by atomic mass is 32.1. The van der Waals surface area contributed by atoms with E-state index in [-0.39, 0.29) is 0 Å². The van der Waals surface area contributed by atoms with E-state index >= 15 is 0 Å². The molecule has 0 saturated carbocycles. The first-order chi connectivity index (χ1) is 14.9. The van der Waals surface area contributed by atoms with Crippen LogP contribution in [0.2, 0.25) is 0 Å². The molecule has 31 heavy (non-hydrogen) atoms. The van der Waals surface area contributed by atoms with Gasteiger partial charge in [-0.25, -0.2) is 0 Å². The van der Waals surface area contributed by atoms with Crippen molar-refractivity contribution in [2.24, 2.45) is 0 Å². The van der Waals surface area contributed by atoms with E-state index in [0.717, 1.165) is 40.2 Å². The van der Waals surface area contributed by atoms with Crippen molar-refractivity contribution >= 4 is 34.7 Å². The molecule has 0 fully saturated rings. The molecule has 0 amide bonds. The Morgan fingerprint density at radius 2 is 1.16 bits per heavy atom. The SMILES string of the molecule is CNC(=S)NCCOc1cc(C)ccc1Cc1ccc(C)cc1OCCNC(=S)NC. The van der Waals surface area contributed by atoms with Crippen molar-refractivity contribution in [2.45, 2.75) is 20.3 Å². The first-order valence-corrected chi connectivity index (χ1v) is 11.1. The van der Waals surface area contributed by atoms with Gasteiger partial charge in [0.15, 0.2) is 10.2 Å². The van der Waals surface area contributed by atoms with Crippen molar-refractivity contribution in [3.8, 4) is 11.5 Å². The van der Waals surface area contributed by atoms with E-state index in [2.05, 4.69) is 71.5 Å². The minimum atomic E-state index is 0.520. The quantitative estimate of drug-likeness (QED) is 0.319. The minimum Gasteiger partial charge on any atom is -0.491 e. The fourth-order valence-electron chi connectivity index (χ4n) is 2.92. The molecule has 0 radical (unpaired) electrons. The van der Waals surface area contributed by atoms with Crippen LogP contribution < -0.4 is 30.7 Å². The third-order valence-electron chi connectivity index (χ3n) is 4.57. The third kappa shape index (κ3) is 8.59. The topological polar surface area (TPSA) is 66.6 Å². The standard InChI is InChI=1S/C23H32N4O2S2/c1-16-5-7-18(20(13-16)28-11-9-26-22(30)24-3)15-19-8-6-17(2)14-21(19)29-12-10-27-23(31)25-4/h5-8,13-14H,9-12,15H2,1-4H3,(H2,24,26,30)(H2,25,27,31). The normalized spacial score (nSPS) is 10.2. The summed E-state index contributed by atoms with van der Waals surface area (Å²) in [7, 11) is 3.59. The van der Waals surface area contributed by atoms with Crippen LogP contribution in [-0.2, 0) is 6.42 Å². The highest BCUT2D eigenvalue weighted by molar-refractivity contribution is 7.80. The van der Waals surface area contributed by atoms with Crippen molar-refractivity contribution in [2.75, 3.05) is 40.4 Å². The van der Waals surface area contributed by atoms with Gasteiger partial charge >= 0.3 is 0 Å². The Balaban J connectivity index is 2.07. The summed E-state index contributed by atoms with van der Waals surface area (Å²) in [6, 6.07) is 12.6. The predicted molar refractivity (Wildman–Crippen MR) is 135 cm³/mol. The van der Waals surface area contributed by atoms with Crippen LogP contribution in [-0.4, -0.2) is 50.6 Å². The molecule has 0 aliphatic heterocycles. The monoisotopic (exact) mass is 460 g/mol. The lowest BCUT2D eigenvalue weighted by atomic mass is 10.0. The first-order valence-electron chi connectivity index (χ1n) is 10.3. The molecule has 0 aromatic heterocycles. The Morgan fingerprint density at radius 1 is 0.742 bits per heavy atom. The number of hydrogen-bond acceptors (Lipinski definition) is 4. The zero-order chi connectivity index (χ0) is 22.6. The third-order valence-corrected chi connectivity index (χ3v) is 5.27. The van der Waals surface area contributed by atoms with Gasteiger partial charge < -0.3 is 30.7 Å². The van der Waals surface area contributed by atoms with Crippen molar-refractivity contribution in [3.63, 3.8) is 0 Å². The lowest BCUT2D eigenvalue weighted by Crippen LogP contribution is -2.35. The van der Waals surface area contributed by atoms with Crippen molar-refractivity contribution in [3.05, 3.63) is 58.7 Å². The second kappa shape index (κ2) is 13.0. The lowest BCUT2D eigenvalue weighted by molar-refractivity contribution is 0.316. The van der Waals surface area contributed by atoms with E-state index in [1.807, 2.05) is 0 Å². The molecule has 0 heterocycles. The average Bonchev–Trinajstić information content (AvgIpc) is 2.76. The van der Waals surface area contributed by atoms with Crippen LogP contribution in [0.1, 0.15) is 22.3 Å². The Morgan fingerprint density at radius 3 is 1.55 bits per heavy atom. The van der Waals surface area contributed by atoms with Crippen LogP contribution in [0.5, 0.6) is 11.5 Å². The van der Waals surface area contributed by atoms with E-state index < -0.39 is 0 Å². The van der Waals surface area contributed by atoms with Crippen LogP contribution in [0, 0.1) is 13.8 Å². The molecular weight excluding hydrogens is 428 g/mol. The molecule has 0 aliphatic carbocycles. The average molecular weight is 461 g/mol. The number of benzene rings is 2. The molecule has 0 saturated heterocycles. The minimum absolute atomic E-state index is 0.520. The zero-order valence-corrected chi connectivity index (χ0v) is 20.3. The summed E-state index contributed by atoms with van der Waals surface area (Å²) in [4.78, 5) is 0. The van der Waals surface area contributed by atoms with Crippen molar-refractivity contribution < 1.29 is 9.47 Å². The molecule has 0 unspecified atom stereocenters. The fraction of sp³-hybridized carbons (Fsp3) is 0.391. The van der Waals surface area contributed by atoms with E-state index in [4.69, 9.17) is 33.9 Å². The zero-order valence-electron chi connectivity index (χ0n) is 18.6. The summed E-state index contributed by atoms with van der Waals surface area (Å²) < 4.78 is 12.1. The Hall–Kier alpha value is -2.58. The molecule has 2 aromatic carbocycles. The number of thiocarbonyl (C=S) groups is 2. The van der Waals surface area contributed by atoms with Gasteiger partial charge in [0.2, 0.25) is 0 Å². The molecule has 168 valence electrons. The van der Waals surface area contributed by atoms with E-state index in [1.165, 1.54) is 0 Å². The van der Waals surface area contributed by atoms with Crippen molar-refractivity contribution in [1.82, 2.24) is 21.3 Å². The summed E-state index contributed by atoms with van der Waals surface area (Å²) in [5.41, 5.74) is 4.55. The molecule has 4 N–H and O–H groups in total. The molecule has 2 aromatic rings. The number of aryl methyl sites for hydroxylation is 2. The fourth-order valence-corrected chi connectivity index (χ4v) is 3.12. The Labute approximate surface area is 196 Å². The van der Waals surface area contributed by atoms with Gasteiger partial charge in [0.25, 0.3) is 0 Å². The summed E-state index contributed by atoms with van der Waals surface area (Å²) in [6.07, 6.45) is 0.718. The van der Waals surface area contributed by atoms with Gasteiger partial charge in [0.05, 0.1) is 13.1 Å². The second-order valence-electron chi connectivity index (χ2n) is 7.11. The summed E-state index contributed by atoms with van der Waals surface area (Å²) in [6.45, 7) is 6.43. The maximum absolute atomic E-state index is 6.06. The second-order valence-corrected chi connectivity index (χ2v) is 7.92. The molecule has 0 spiro atoms. The molecule has 0 bridgehead atoms. The van der Waals surface area contributed by atoms with E-state index in [1.54, 1.807) is 14.1 Å². The van der Waals surface area contributed by atoms with Crippen LogP contribution in [0.3, 0.4) is 0 Å². The molecule has 0 atom stereocenters. The molecule has 6 nitrogen and oxygen atoms in total. The Bertz CT molecular complexity index is 818. The van der Waals surface area contributed by atoms with E-state index in [0.29, 0.717) is 36.5 Å². The molecule has 2 rings (SSSR count). The van der Waals surface area contributed by atoms with Gasteiger partial charge in [-0.15, -0.1) is 0 Å². The maximum Gasteiger partial charge on any atom is 0.166 e. The molecule has 0 aliphatic rings. The van der Waals surface area contributed by atoms with E-state index in [9.17, 15) is 0 Å². The van der Waals surface area contributed by atoms with Crippen molar-refractivity contribution in [1.29, 1.82) is 0 Å². The number of rotatable bonds is 10. The largest absolute Gasteiger partial charge is 0.491 e. The maximum atomic E-state index is 6.06. The van der Waals surface area contributed by atoms with Crippen LogP contribution in [0.15, 0.2) is 36.4 Å². The van der Waals surface area contributed by atoms with Gasteiger partial charge in [-0.1, -0.05) is 24.3 Å². The van der Waals surface area contributed by atoms with Crippen LogP contribution >= 0.6 is 24.4 Å². The summed E-state index contributed by atoms with van der Waals surface area (Å²) in [5, 5.41) is 13.2. The van der Waals surface area contributed by atoms with Gasteiger partial charge in [0.1, 0.15) is 24.7 Å². The number of nitrogens with one attached hydrogen (secondary N) is 4. The molecule has 8 heteroatoms. The van der Waals surface area contributed by atoms with Gasteiger partial charge in [0, 0.05) is 20.5 Å². The number of hydrogen-bond donors (Lipinski definition) is 4. The van der Waals surface area contributed by atoms with Gasteiger partial charge in [-0.05, 0) is 72.7 Å². The smallest absolute Gasteiger partial charge is 0.166 e. The van der Waals surface area contributed by atoms with Crippen LogP contribution in [0.4, 0.5) is 0 Å². The summed E-state index contributed by atoms with van der Waals surface area (Å²) >= 11 is 10.2. The summed E-state index contributed by atoms with van der Waals surface area (Å²) in [5.74, 6) is 1.76. The van der Waals surface area contributed by atoms with Crippen LogP contribution in [0.25, 0.3) is 0 Å². The van der Waals surface area contributed by atoms with Gasteiger partial charge in [-0.3, -0.25) is 0 Å². The lowest BCUT2D eigenvalue weighted by Gasteiger charge is -2.16. The van der Waals surface area contributed by atoms with Gasteiger partial charge in [-0.2, -0.15) is 0 Å². The Kier molecular flexibility index (Phi) is 10.3. The molecular formula is C23H32N4O2S2. The highest BCUT2D eigenvalue weighted by Gasteiger charge is 2.11. The number of ether oxygens (including phenoxy) is 2. The first kappa shape index (κ1) is 24.7. The highest BCUT2D eigenvalue weighted by Crippen LogP contribution is 2.28. The predicted octanol–water partition coefficient (Wildman–Crippen LogP) is 2.84.